The number of fused-ring (bicyclic) bond motifs is 3. The van der Waals surface area contributed by atoms with Crippen LogP contribution in [0.15, 0.2) is 67.1 Å². The Morgan fingerprint density at radius 1 is 1.00 bits per heavy atom. The Labute approximate surface area is 199 Å². The van der Waals surface area contributed by atoms with Gasteiger partial charge in [-0.25, -0.2) is 9.97 Å². The van der Waals surface area contributed by atoms with Crippen LogP contribution in [-0.2, 0) is 13.1 Å². The van der Waals surface area contributed by atoms with Crippen molar-refractivity contribution >= 4 is 16.9 Å². The summed E-state index contributed by atoms with van der Waals surface area (Å²) in [6.45, 7) is 4.57. The maximum absolute atomic E-state index is 13.6. The van der Waals surface area contributed by atoms with E-state index in [1.165, 1.54) is 0 Å². The molecule has 174 valence electrons. The zero-order chi connectivity index (χ0) is 23.3. The van der Waals surface area contributed by atoms with E-state index in [9.17, 15) is 4.79 Å². The molecule has 34 heavy (non-hydrogen) atoms. The molecule has 2 aromatic heterocycles. The van der Waals surface area contributed by atoms with Gasteiger partial charge in [-0.3, -0.25) is 4.79 Å². The van der Waals surface area contributed by atoms with Crippen LogP contribution in [0.3, 0.4) is 0 Å². The molecule has 0 spiro atoms. The van der Waals surface area contributed by atoms with Crippen LogP contribution < -0.4 is 9.47 Å². The molecule has 0 saturated carbocycles. The van der Waals surface area contributed by atoms with Gasteiger partial charge in [0.15, 0.2) is 11.5 Å². The van der Waals surface area contributed by atoms with Crippen molar-refractivity contribution in [2.45, 2.75) is 39.3 Å². The normalized spacial score (nSPS) is 14.6. The average Bonchev–Trinajstić information content (AvgIpc) is 3.29. The molecule has 0 saturated heterocycles. The van der Waals surface area contributed by atoms with Crippen molar-refractivity contribution in [2.24, 2.45) is 0 Å². The molecule has 7 nitrogen and oxygen atoms in total. The fourth-order valence-electron chi connectivity index (χ4n) is 4.25. The van der Waals surface area contributed by atoms with Crippen LogP contribution in [-0.4, -0.2) is 38.5 Å². The van der Waals surface area contributed by atoms with Crippen molar-refractivity contribution in [3.63, 3.8) is 0 Å². The topological polar surface area (TPSA) is 69.5 Å². The van der Waals surface area contributed by atoms with E-state index in [2.05, 4.69) is 21.5 Å². The summed E-state index contributed by atoms with van der Waals surface area (Å²) in [6, 6.07) is 17.2. The van der Waals surface area contributed by atoms with E-state index in [1.807, 2.05) is 65.8 Å². The predicted octanol–water partition coefficient (Wildman–Crippen LogP) is 5.45. The molecule has 0 atom stereocenters. The van der Waals surface area contributed by atoms with Gasteiger partial charge in [0.05, 0.1) is 30.5 Å². The van der Waals surface area contributed by atoms with Gasteiger partial charge in [-0.1, -0.05) is 18.2 Å². The highest BCUT2D eigenvalue weighted by atomic mass is 16.5. The first-order valence-corrected chi connectivity index (χ1v) is 11.8. The number of rotatable bonds is 2. The van der Waals surface area contributed by atoms with Crippen LogP contribution in [0.2, 0.25) is 0 Å². The Hall–Kier alpha value is -3.87. The fourth-order valence-corrected chi connectivity index (χ4v) is 4.25. The van der Waals surface area contributed by atoms with Crippen molar-refractivity contribution in [1.82, 2.24) is 19.4 Å². The van der Waals surface area contributed by atoms with Gasteiger partial charge in [0, 0.05) is 30.4 Å². The second kappa shape index (κ2) is 9.95. The minimum absolute atomic E-state index is 0.0192. The summed E-state index contributed by atoms with van der Waals surface area (Å²) in [7, 11) is 0. The summed E-state index contributed by atoms with van der Waals surface area (Å²) in [4.78, 5) is 24.4. The monoisotopic (exact) mass is 456 g/mol. The van der Waals surface area contributed by atoms with Gasteiger partial charge in [0.1, 0.15) is 0 Å². The first-order chi connectivity index (χ1) is 16.7. The summed E-state index contributed by atoms with van der Waals surface area (Å²) in [5, 5.41) is 0. The number of amides is 1. The van der Waals surface area contributed by atoms with Crippen LogP contribution in [0.4, 0.5) is 0 Å². The molecular formula is C27H28N4O3. The van der Waals surface area contributed by atoms with Gasteiger partial charge in [0.25, 0.3) is 5.91 Å². The van der Waals surface area contributed by atoms with Crippen molar-refractivity contribution in [3.8, 4) is 17.4 Å². The number of hydrogen-bond donors (Lipinski definition) is 0. The first-order valence-electron chi connectivity index (χ1n) is 11.8. The number of carbonyl (C=O) groups excluding carboxylic acids is 1. The molecule has 5 rings (SSSR count). The molecule has 2 aromatic carbocycles. The molecule has 7 heteroatoms. The quantitative estimate of drug-likeness (QED) is 0.401. The van der Waals surface area contributed by atoms with E-state index < -0.39 is 0 Å². The van der Waals surface area contributed by atoms with Crippen molar-refractivity contribution in [3.05, 3.63) is 78.2 Å². The number of aromatic nitrogens is 3. The number of imidazole rings is 1. The number of nitrogens with zero attached hydrogens (tertiary/aromatic N) is 4. The molecule has 4 aromatic rings. The zero-order valence-corrected chi connectivity index (χ0v) is 19.3. The van der Waals surface area contributed by atoms with Crippen LogP contribution >= 0.6 is 0 Å². The highest BCUT2D eigenvalue weighted by Crippen LogP contribution is 2.33. The molecule has 0 aliphatic carbocycles. The SMILES string of the molecule is CCn1cnc2cc(C(=O)N3CCCCCOc4ccccc4Oc4ncccc4C3)ccc21. The minimum atomic E-state index is -0.0192. The Bertz CT molecular complexity index is 1300. The maximum Gasteiger partial charge on any atom is 0.254 e. The molecule has 0 bridgehead atoms. The zero-order valence-electron chi connectivity index (χ0n) is 19.3. The second-order valence-electron chi connectivity index (χ2n) is 8.39. The summed E-state index contributed by atoms with van der Waals surface area (Å²) in [5.74, 6) is 1.78. The smallest absolute Gasteiger partial charge is 0.254 e. The number of hydrogen-bond acceptors (Lipinski definition) is 5. The number of pyridine rings is 1. The lowest BCUT2D eigenvalue weighted by atomic mass is 10.1. The van der Waals surface area contributed by atoms with Gasteiger partial charge < -0.3 is 18.9 Å². The Morgan fingerprint density at radius 2 is 1.88 bits per heavy atom. The molecule has 0 fully saturated rings. The summed E-state index contributed by atoms with van der Waals surface area (Å²) < 4.78 is 14.2. The lowest BCUT2D eigenvalue weighted by Gasteiger charge is -2.24. The van der Waals surface area contributed by atoms with Gasteiger partial charge in [-0.2, -0.15) is 0 Å². The standard InChI is InChI=1S/C27H28N4O3/c1-2-30-19-29-22-17-20(12-13-23(22)30)27(32)31-15-6-3-7-16-33-24-10-4-5-11-25(24)34-26-21(18-31)9-8-14-28-26/h4-5,8-14,17,19H,2-3,6-7,15-16,18H2,1H3. The molecule has 1 amide bonds. The van der Waals surface area contributed by atoms with E-state index in [0.717, 1.165) is 42.4 Å². The predicted molar refractivity (Wildman–Crippen MR) is 130 cm³/mol. The van der Waals surface area contributed by atoms with Gasteiger partial charge in [-0.05, 0) is 62.6 Å². The first kappa shape index (κ1) is 21.9. The van der Waals surface area contributed by atoms with E-state index >= 15 is 0 Å². The number of carbonyl (C=O) groups is 1. The van der Waals surface area contributed by atoms with Crippen molar-refractivity contribution in [2.75, 3.05) is 13.2 Å². The Balaban J connectivity index is 1.46. The molecular weight excluding hydrogens is 428 g/mol. The third-order valence-electron chi connectivity index (χ3n) is 6.09. The van der Waals surface area contributed by atoms with E-state index in [4.69, 9.17) is 9.47 Å². The van der Waals surface area contributed by atoms with Crippen LogP contribution in [0.1, 0.15) is 42.1 Å². The van der Waals surface area contributed by atoms with Crippen molar-refractivity contribution < 1.29 is 14.3 Å². The van der Waals surface area contributed by atoms with Gasteiger partial charge >= 0.3 is 0 Å². The Kier molecular flexibility index (Phi) is 6.42. The molecule has 1 aliphatic rings. The second-order valence-corrected chi connectivity index (χ2v) is 8.39. The van der Waals surface area contributed by atoms with Gasteiger partial charge in [-0.15, -0.1) is 0 Å². The number of aryl methyl sites for hydroxylation is 1. The third-order valence-corrected chi connectivity index (χ3v) is 6.09. The molecule has 0 N–H and O–H groups in total. The summed E-state index contributed by atoms with van der Waals surface area (Å²) >= 11 is 0. The highest BCUT2D eigenvalue weighted by Gasteiger charge is 2.20. The van der Waals surface area contributed by atoms with Gasteiger partial charge in [0.2, 0.25) is 5.88 Å². The summed E-state index contributed by atoms with van der Waals surface area (Å²) in [5.41, 5.74) is 3.35. The number of benzene rings is 2. The third kappa shape index (κ3) is 4.59. The molecule has 0 radical (unpaired) electrons. The van der Waals surface area contributed by atoms with E-state index in [0.29, 0.717) is 42.6 Å². The fraction of sp³-hybridized carbons (Fsp3) is 0.296. The van der Waals surface area contributed by atoms with E-state index in [-0.39, 0.29) is 5.91 Å². The van der Waals surface area contributed by atoms with E-state index in [1.54, 1.807) is 6.20 Å². The molecule has 3 heterocycles. The van der Waals surface area contributed by atoms with Crippen LogP contribution in [0.25, 0.3) is 11.0 Å². The minimum Gasteiger partial charge on any atom is -0.490 e. The van der Waals surface area contributed by atoms with Crippen LogP contribution in [0.5, 0.6) is 17.4 Å². The Morgan fingerprint density at radius 3 is 2.76 bits per heavy atom. The lowest BCUT2D eigenvalue weighted by Crippen LogP contribution is -2.31. The highest BCUT2D eigenvalue weighted by molar-refractivity contribution is 5.97. The number of para-hydroxylation sites is 2. The maximum atomic E-state index is 13.6. The molecule has 0 unspecified atom stereocenters. The largest absolute Gasteiger partial charge is 0.490 e. The molecule has 1 aliphatic heterocycles. The number of ether oxygens (including phenoxy) is 2. The summed E-state index contributed by atoms with van der Waals surface area (Å²) in [6.07, 6.45) is 6.27. The van der Waals surface area contributed by atoms with Crippen LogP contribution in [0, 0.1) is 0 Å². The lowest BCUT2D eigenvalue weighted by molar-refractivity contribution is 0.0739. The van der Waals surface area contributed by atoms with Crippen molar-refractivity contribution in [1.29, 1.82) is 0 Å². The average molecular weight is 457 g/mol.